The second kappa shape index (κ2) is 7.12. The summed E-state index contributed by atoms with van der Waals surface area (Å²) in [6.07, 6.45) is 2.06. The van der Waals surface area contributed by atoms with Crippen molar-refractivity contribution < 1.29 is 13.2 Å². The van der Waals surface area contributed by atoms with E-state index >= 15 is 0 Å². The van der Waals surface area contributed by atoms with Gasteiger partial charge in [0.05, 0.1) is 18.0 Å². The topological polar surface area (TPSA) is 58.6 Å². The minimum Gasteiger partial charge on any atom is -0.372 e. The maximum Gasteiger partial charge on any atom is 0.211 e. The molecule has 5 nitrogen and oxygen atoms in total. The van der Waals surface area contributed by atoms with Crippen molar-refractivity contribution in [2.45, 2.75) is 38.8 Å². The zero-order chi connectivity index (χ0) is 17.2. The number of hydrogen-bond donors (Lipinski definition) is 1. The van der Waals surface area contributed by atoms with Crippen LogP contribution in [0.5, 0.6) is 0 Å². The average molecular weight is 353 g/mol. The van der Waals surface area contributed by atoms with Gasteiger partial charge in [-0.3, -0.25) is 4.90 Å². The van der Waals surface area contributed by atoms with Gasteiger partial charge in [0.1, 0.15) is 0 Å². The molecule has 1 aromatic rings. The number of ether oxygens (including phenoxy) is 1. The van der Waals surface area contributed by atoms with Gasteiger partial charge in [0.25, 0.3) is 0 Å². The average Bonchev–Trinajstić information content (AvgIpc) is 2.55. The predicted octanol–water partition coefficient (Wildman–Crippen LogP) is 1.92. The third-order valence-corrected chi connectivity index (χ3v) is 6.65. The normalized spacial score (nSPS) is 24.0. The molecular formula is C18H28N2O3S. The number of sulfonamides is 1. The summed E-state index contributed by atoms with van der Waals surface area (Å²) in [5.74, 6) is 0.431. The Morgan fingerprint density at radius 2 is 2.08 bits per heavy atom. The number of rotatable bonds is 6. The Labute approximate surface area is 145 Å². The van der Waals surface area contributed by atoms with E-state index in [1.54, 1.807) is 6.92 Å². The molecule has 2 aliphatic heterocycles. The molecule has 3 rings (SSSR count). The van der Waals surface area contributed by atoms with E-state index in [9.17, 15) is 8.42 Å². The van der Waals surface area contributed by atoms with Crippen LogP contribution in [-0.4, -0.2) is 50.9 Å². The first kappa shape index (κ1) is 17.9. The number of nitrogens with zero attached hydrogens (tertiary/aromatic N) is 1. The molecule has 1 N–H and O–H groups in total. The van der Waals surface area contributed by atoms with E-state index in [2.05, 4.69) is 40.8 Å². The van der Waals surface area contributed by atoms with Crippen molar-refractivity contribution in [3.8, 4) is 0 Å². The van der Waals surface area contributed by atoms with Crippen LogP contribution in [0.1, 0.15) is 30.9 Å². The van der Waals surface area contributed by atoms with Crippen LogP contribution in [0.3, 0.4) is 0 Å². The molecule has 6 heteroatoms. The number of nitrogens with one attached hydrogen (secondary N) is 1. The van der Waals surface area contributed by atoms with Gasteiger partial charge in [-0.1, -0.05) is 24.3 Å². The van der Waals surface area contributed by atoms with E-state index in [0.717, 1.165) is 32.5 Å². The van der Waals surface area contributed by atoms with Gasteiger partial charge >= 0.3 is 0 Å². The first-order valence-electron chi connectivity index (χ1n) is 8.79. The standard InChI is InChI=1S/C18H28N2O3S/c1-3-24(21,22)19-10-16-8-9-18(23-12-16)13-20(14-18)11-17-7-5-4-6-15(17)2/h4-7,16,19H,3,8-14H2,1-2H3/t16-/m1/s1. The Bertz CT molecular complexity index is 659. The molecular weight excluding hydrogens is 324 g/mol. The molecule has 1 spiro atoms. The van der Waals surface area contributed by atoms with E-state index in [1.165, 1.54) is 11.1 Å². The van der Waals surface area contributed by atoms with Gasteiger partial charge in [-0.25, -0.2) is 13.1 Å². The Balaban J connectivity index is 1.43. The van der Waals surface area contributed by atoms with Gasteiger partial charge in [-0.15, -0.1) is 0 Å². The molecule has 0 bridgehead atoms. The molecule has 134 valence electrons. The van der Waals surface area contributed by atoms with Gasteiger partial charge in [0.2, 0.25) is 10.0 Å². The summed E-state index contributed by atoms with van der Waals surface area (Å²) in [5.41, 5.74) is 2.73. The van der Waals surface area contributed by atoms with Gasteiger partial charge in [-0.2, -0.15) is 0 Å². The van der Waals surface area contributed by atoms with Gasteiger partial charge in [0.15, 0.2) is 0 Å². The Morgan fingerprint density at radius 3 is 2.71 bits per heavy atom. The molecule has 0 aliphatic carbocycles. The van der Waals surface area contributed by atoms with Crippen LogP contribution in [0.15, 0.2) is 24.3 Å². The minimum absolute atomic E-state index is 0.00279. The van der Waals surface area contributed by atoms with E-state index in [-0.39, 0.29) is 11.4 Å². The van der Waals surface area contributed by atoms with E-state index in [0.29, 0.717) is 19.1 Å². The molecule has 0 unspecified atom stereocenters. The van der Waals surface area contributed by atoms with Crippen molar-refractivity contribution in [3.05, 3.63) is 35.4 Å². The van der Waals surface area contributed by atoms with Crippen molar-refractivity contribution >= 4 is 10.0 Å². The lowest BCUT2D eigenvalue weighted by molar-refractivity contribution is -0.181. The van der Waals surface area contributed by atoms with E-state index in [1.807, 2.05) is 0 Å². The highest BCUT2D eigenvalue weighted by atomic mass is 32.2. The molecule has 2 saturated heterocycles. The first-order chi connectivity index (χ1) is 11.4. The van der Waals surface area contributed by atoms with Crippen molar-refractivity contribution in [1.82, 2.24) is 9.62 Å². The fraction of sp³-hybridized carbons (Fsp3) is 0.667. The maximum absolute atomic E-state index is 11.5. The second-order valence-electron chi connectivity index (χ2n) is 7.22. The van der Waals surface area contributed by atoms with Crippen molar-refractivity contribution in [3.63, 3.8) is 0 Å². The molecule has 0 radical (unpaired) electrons. The highest BCUT2D eigenvalue weighted by Crippen LogP contribution is 2.36. The van der Waals surface area contributed by atoms with Crippen LogP contribution in [0.2, 0.25) is 0 Å². The second-order valence-corrected chi connectivity index (χ2v) is 9.32. The molecule has 1 aromatic carbocycles. The number of hydrogen-bond acceptors (Lipinski definition) is 4. The lowest BCUT2D eigenvalue weighted by Gasteiger charge is -2.53. The molecule has 2 heterocycles. The number of aryl methyl sites for hydroxylation is 1. The largest absolute Gasteiger partial charge is 0.372 e. The highest BCUT2D eigenvalue weighted by Gasteiger charge is 2.46. The Hall–Kier alpha value is -0.950. The monoisotopic (exact) mass is 352 g/mol. The molecule has 2 fully saturated rings. The van der Waals surface area contributed by atoms with Crippen molar-refractivity contribution in [2.75, 3.05) is 32.0 Å². The van der Waals surface area contributed by atoms with Crippen LogP contribution in [-0.2, 0) is 21.3 Å². The quantitative estimate of drug-likeness (QED) is 0.850. The van der Waals surface area contributed by atoms with Gasteiger partial charge in [0, 0.05) is 26.2 Å². The third-order valence-electron chi connectivity index (χ3n) is 5.28. The summed E-state index contributed by atoms with van der Waals surface area (Å²) in [4.78, 5) is 2.43. The van der Waals surface area contributed by atoms with Crippen LogP contribution in [0.25, 0.3) is 0 Å². The summed E-state index contributed by atoms with van der Waals surface area (Å²) in [5, 5.41) is 0. The van der Waals surface area contributed by atoms with E-state index < -0.39 is 10.0 Å². The predicted molar refractivity (Wildman–Crippen MR) is 95.3 cm³/mol. The zero-order valence-electron chi connectivity index (χ0n) is 14.6. The van der Waals surface area contributed by atoms with Crippen LogP contribution in [0, 0.1) is 12.8 Å². The third kappa shape index (κ3) is 4.17. The van der Waals surface area contributed by atoms with Crippen LogP contribution in [0.4, 0.5) is 0 Å². The molecule has 1 atom stereocenters. The summed E-state index contributed by atoms with van der Waals surface area (Å²) < 4.78 is 31.9. The van der Waals surface area contributed by atoms with Crippen molar-refractivity contribution in [2.24, 2.45) is 5.92 Å². The minimum atomic E-state index is -3.10. The molecule has 24 heavy (non-hydrogen) atoms. The summed E-state index contributed by atoms with van der Waals surface area (Å²) in [7, 11) is -3.10. The van der Waals surface area contributed by atoms with Crippen LogP contribution >= 0.6 is 0 Å². The van der Waals surface area contributed by atoms with Gasteiger partial charge in [-0.05, 0) is 43.7 Å². The molecule has 0 saturated carbocycles. The fourth-order valence-corrected chi connectivity index (χ4v) is 4.28. The summed E-state index contributed by atoms with van der Waals surface area (Å²) in [6.45, 7) is 7.92. The smallest absolute Gasteiger partial charge is 0.211 e. The highest BCUT2D eigenvalue weighted by molar-refractivity contribution is 7.89. The Kier molecular flexibility index (Phi) is 5.30. The maximum atomic E-state index is 11.5. The first-order valence-corrected chi connectivity index (χ1v) is 10.4. The van der Waals surface area contributed by atoms with Crippen LogP contribution < -0.4 is 4.72 Å². The lowest BCUT2D eigenvalue weighted by Crippen LogP contribution is -2.64. The van der Waals surface area contributed by atoms with E-state index in [4.69, 9.17) is 4.74 Å². The fourth-order valence-electron chi connectivity index (χ4n) is 3.58. The van der Waals surface area contributed by atoms with Crippen molar-refractivity contribution in [1.29, 1.82) is 0 Å². The number of likely N-dealkylation sites (tertiary alicyclic amines) is 1. The number of benzene rings is 1. The molecule has 0 aromatic heterocycles. The summed E-state index contributed by atoms with van der Waals surface area (Å²) >= 11 is 0. The molecule has 2 aliphatic rings. The summed E-state index contributed by atoms with van der Waals surface area (Å²) in [6, 6.07) is 8.52. The Morgan fingerprint density at radius 1 is 1.33 bits per heavy atom. The molecule has 0 amide bonds. The zero-order valence-corrected chi connectivity index (χ0v) is 15.4. The van der Waals surface area contributed by atoms with Gasteiger partial charge < -0.3 is 4.74 Å². The lowest BCUT2D eigenvalue weighted by atomic mass is 9.82. The SMILES string of the molecule is CCS(=O)(=O)NC[C@H]1CCC2(CN(Cc3ccccc3C)C2)OC1.